The Bertz CT molecular complexity index is 532. The average Bonchev–Trinajstić information content (AvgIpc) is 2.84. The zero-order valence-corrected chi connectivity index (χ0v) is 15.2. The molecule has 20 heavy (non-hydrogen) atoms. The van der Waals surface area contributed by atoms with Crippen LogP contribution in [0.4, 0.5) is 0 Å². The maximum absolute atomic E-state index is 5.88. The highest BCUT2D eigenvalue weighted by Crippen LogP contribution is 2.35. The highest BCUT2D eigenvalue weighted by Gasteiger charge is 2.10. The van der Waals surface area contributed by atoms with E-state index in [4.69, 9.17) is 10.5 Å². The molecule has 1 aromatic heterocycles. The summed E-state index contributed by atoms with van der Waals surface area (Å²) < 4.78 is 7.82. The van der Waals surface area contributed by atoms with Gasteiger partial charge in [-0.3, -0.25) is 0 Å². The number of thiophene rings is 1. The van der Waals surface area contributed by atoms with Crippen LogP contribution in [0.5, 0.6) is 5.75 Å². The van der Waals surface area contributed by atoms with Gasteiger partial charge in [0, 0.05) is 17.3 Å². The predicted molar refractivity (Wildman–Crippen MR) is 92.7 cm³/mol. The van der Waals surface area contributed by atoms with Gasteiger partial charge < -0.3 is 10.5 Å². The molecule has 0 amide bonds. The minimum absolute atomic E-state index is 0.152. The van der Waals surface area contributed by atoms with E-state index in [2.05, 4.69) is 61.5 Å². The zero-order chi connectivity index (χ0) is 14.5. The second-order valence-electron chi connectivity index (χ2n) is 4.75. The van der Waals surface area contributed by atoms with Crippen molar-refractivity contribution >= 4 is 43.2 Å². The first-order valence-corrected chi connectivity index (χ1v) is 8.91. The maximum atomic E-state index is 5.88. The number of nitrogens with two attached hydrogens (primary N) is 1. The Balaban J connectivity index is 2.00. The number of hydrogen-bond acceptors (Lipinski definition) is 3. The van der Waals surface area contributed by atoms with E-state index in [1.165, 1.54) is 10.4 Å². The Morgan fingerprint density at radius 3 is 2.55 bits per heavy atom. The Hall–Kier alpha value is -0.360. The molecule has 0 radical (unpaired) electrons. The van der Waals surface area contributed by atoms with Crippen molar-refractivity contribution in [2.24, 2.45) is 5.73 Å². The van der Waals surface area contributed by atoms with E-state index in [0.717, 1.165) is 27.5 Å². The molecule has 2 rings (SSSR count). The van der Waals surface area contributed by atoms with Crippen molar-refractivity contribution in [3.05, 3.63) is 49.0 Å². The van der Waals surface area contributed by atoms with E-state index < -0.39 is 0 Å². The van der Waals surface area contributed by atoms with Crippen LogP contribution in [0.2, 0.25) is 0 Å². The molecular formula is C15H17Br2NOS. The summed E-state index contributed by atoms with van der Waals surface area (Å²) >= 11 is 8.91. The van der Waals surface area contributed by atoms with Gasteiger partial charge in [0.1, 0.15) is 5.75 Å². The van der Waals surface area contributed by atoms with Gasteiger partial charge in [0.05, 0.1) is 15.6 Å². The van der Waals surface area contributed by atoms with Gasteiger partial charge in [-0.2, -0.15) is 0 Å². The normalized spacial score (nSPS) is 12.4. The minimum atomic E-state index is 0.152. The first kappa shape index (κ1) is 16.0. The summed E-state index contributed by atoms with van der Waals surface area (Å²) in [6.07, 6.45) is 1.78. The highest BCUT2D eigenvalue weighted by atomic mass is 79.9. The summed E-state index contributed by atoms with van der Waals surface area (Å²) in [6, 6.07) is 8.50. The lowest BCUT2D eigenvalue weighted by Gasteiger charge is -2.13. The molecule has 5 heteroatoms. The predicted octanol–water partition coefficient (Wildman–Crippen LogP) is 4.78. The van der Waals surface area contributed by atoms with Crippen molar-refractivity contribution in [1.29, 1.82) is 0 Å². The van der Waals surface area contributed by atoms with E-state index in [9.17, 15) is 0 Å². The lowest BCUT2D eigenvalue weighted by atomic mass is 10.1. The van der Waals surface area contributed by atoms with Gasteiger partial charge in [0.25, 0.3) is 0 Å². The van der Waals surface area contributed by atoms with Crippen LogP contribution in [0.25, 0.3) is 0 Å². The van der Waals surface area contributed by atoms with Crippen molar-refractivity contribution in [2.45, 2.75) is 25.8 Å². The van der Waals surface area contributed by atoms with Crippen molar-refractivity contribution in [2.75, 3.05) is 6.61 Å². The van der Waals surface area contributed by atoms with Crippen LogP contribution >= 0.6 is 43.2 Å². The lowest BCUT2D eigenvalue weighted by Crippen LogP contribution is -2.17. The molecule has 1 aromatic carbocycles. The summed E-state index contributed by atoms with van der Waals surface area (Å²) in [5, 5.41) is 2.09. The molecule has 0 aliphatic rings. The third kappa shape index (κ3) is 4.58. The average molecular weight is 419 g/mol. The third-order valence-electron chi connectivity index (χ3n) is 2.79. The molecule has 2 N–H and O–H groups in total. The summed E-state index contributed by atoms with van der Waals surface area (Å²) in [5.41, 5.74) is 7.03. The molecule has 0 bridgehead atoms. The van der Waals surface area contributed by atoms with Crippen LogP contribution in [0.1, 0.15) is 17.4 Å². The number of hydrogen-bond donors (Lipinski definition) is 1. The fourth-order valence-corrected chi connectivity index (χ4v) is 4.15. The van der Waals surface area contributed by atoms with Crippen LogP contribution in [0, 0.1) is 0 Å². The molecule has 1 unspecified atom stereocenters. The van der Waals surface area contributed by atoms with Crippen molar-refractivity contribution < 1.29 is 4.74 Å². The molecular weight excluding hydrogens is 402 g/mol. The Morgan fingerprint density at radius 2 is 2.00 bits per heavy atom. The Morgan fingerprint density at radius 1 is 1.30 bits per heavy atom. The first-order valence-electron chi connectivity index (χ1n) is 6.45. The number of halogens is 2. The monoisotopic (exact) mass is 417 g/mol. The van der Waals surface area contributed by atoms with E-state index in [1.54, 1.807) is 11.3 Å². The molecule has 0 fully saturated rings. The number of ether oxygens (including phenoxy) is 1. The molecule has 0 spiro atoms. The molecule has 2 aromatic rings. The summed E-state index contributed by atoms with van der Waals surface area (Å²) in [4.78, 5) is 1.34. The molecule has 2 nitrogen and oxygen atoms in total. The van der Waals surface area contributed by atoms with E-state index in [-0.39, 0.29) is 6.04 Å². The van der Waals surface area contributed by atoms with Crippen LogP contribution in [-0.4, -0.2) is 12.6 Å². The van der Waals surface area contributed by atoms with Gasteiger partial charge in [-0.05, 0) is 74.3 Å². The second-order valence-corrected chi connectivity index (χ2v) is 7.49. The Labute approximate surface area is 140 Å². The van der Waals surface area contributed by atoms with Crippen LogP contribution in [0.15, 0.2) is 38.6 Å². The molecule has 108 valence electrons. The molecule has 0 aliphatic heterocycles. The Kier molecular flexibility index (Phi) is 6.08. The summed E-state index contributed by atoms with van der Waals surface area (Å²) in [7, 11) is 0. The van der Waals surface area contributed by atoms with Crippen molar-refractivity contribution in [3.63, 3.8) is 0 Å². The van der Waals surface area contributed by atoms with Gasteiger partial charge >= 0.3 is 0 Å². The number of rotatable bonds is 6. The van der Waals surface area contributed by atoms with Crippen LogP contribution in [-0.2, 0) is 12.8 Å². The molecule has 1 atom stereocenters. The largest absolute Gasteiger partial charge is 0.491 e. The molecule has 1 heterocycles. The lowest BCUT2D eigenvalue weighted by molar-refractivity contribution is 0.319. The van der Waals surface area contributed by atoms with Gasteiger partial charge in [-0.15, -0.1) is 11.3 Å². The quantitative estimate of drug-likeness (QED) is 0.732. The van der Waals surface area contributed by atoms with Crippen LogP contribution < -0.4 is 10.5 Å². The molecule has 0 aliphatic carbocycles. The zero-order valence-electron chi connectivity index (χ0n) is 11.2. The van der Waals surface area contributed by atoms with Gasteiger partial charge in [-0.25, -0.2) is 0 Å². The van der Waals surface area contributed by atoms with E-state index >= 15 is 0 Å². The standard InChI is InChI=1S/C15H17Br2NOS/c1-10(18)7-11-8-13(16)15(14(17)9-11)19-5-4-12-3-2-6-20-12/h2-3,6,8-10H,4-5,7,18H2,1H3. The summed E-state index contributed by atoms with van der Waals surface area (Å²) in [5.74, 6) is 0.856. The minimum Gasteiger partial charge on any atom is -0.491 e. The molecule has 0 saturated heterocycles. The van der Waals surface area contributed by atoms with Crippen molar-refractivity contribution in [3.8, 4) is 5.75 Å². The fourth-order valence-electron chi connectivity index (χ4n) is 1.95. The first-order chi connectivity index (χ1) is 9.56. The second kappa shape index (κ2) is 7.59. The van der Waals surface area contributed by atoms with Crippen LogP contribution in [0.3, 0.4) is 0 Å². The fraction of sp³-hybridized carbons (Fsp3) is 0.333. The maximum Gasteiger partial charge on any atom is 0.147 e. The van der Waals surface area contributed by atoms with Gasteiger partial charge in [0.2, 0.25) is 0 Å². The van der Waals surface area contributed by atoms with E-state index in [0.29, 0.717) is 6.61 Å². The number of benzene rings is 1. The van der Waals surface area contributed by atoms with Gasteiger partial charge in [0.15, 0.2) is 0 Å². The summed E-state index contributed by atoms with van der Waals surface area (Å²) in [6.45, 7) is 2.68. The van der Waals surface area contributed by atoms with Crippen molar-refractivity contribution in [1.82, 2.24) is 0 Å². The van der Waals surface area contributed by atoms with Gasteiger partial charge in [-0.1, -0.05) is 6.07 Å². The smallest absolute Gasteiger partial charge is 0.147 e. The van der Waals surface area contributed by atoms with E-state index in [1.807, 2.05) is 6.92 Å². The molecule has 0 saturated carbocycles. The SMILES string of the molecule is CC(N)Cc1cc(Br)c(OCCc2cccs2)c(Br)c1. The third-order valence-corrected chi connectivity index (χ3v) is 4.90. The highest BCUT2D eigenvalue weighted by molar-refractivity contribution is 9.11. The topological polar surface area (TPSA) is 35.2 Å².